The van der Waals surface area contributed by atoms with E-state index in [4.69, 9.17) is 23.2 Å². The first-order valence-corrected chi connectivity index (χ1v) is 7.43. The van der Waals surface area contributed by atoms with Gasteiger partial charge in [0.05, 0.1) is 9.85 Å². The zero-order valence-corrected chi connectivity index (χ0v) is 13.6. The molecule has 5 heteroatoms. The molecule has 0 radical (unpaired) electrons. The SMILES string of the molecule is Fc1ccc(C(Cl)c2ccc(Cl)cc2Br)cc1Br. The zero-order chi connectivity index (χ0) is 13.3. The maximum absolute atomic E-state index is 13.2. The fourth-order valence-corrected chi connectivity index (χ4v) is 3.32. The Morgan fingerprint density at radius 1 is 1.00 bits per heavy atom. The third-order valence-corrected chi connectivity index (χ3v) is 4.49. The van der Waals surface area contributed by atoms with Gasteiger partial charge in [0.2, 0.25) is 0 Å². The highest BCUT2D eigenvalue weighted by molar-refractivity contribution is 9.10. The summed E-state index contributed by atoms with van der Waals surface area (Å²) in [4.78, 5) is 0. The molecule has 0 aliphatic rings. The Kier molecular flexibility index (Phi) is 4.70. The molecule has 0 heterocycles. The van der Waals surface area contributed by atoms with Crippen molar-refractivity contribution in [3.05, 3.63) is 67.3 Å². The van der Waals surface area contributed by atoms with Gasteiger partial charge in [-0.25, -0.2) is 4.39 Å². The second-order valence-electron chi connectivity index (χ2n) is 3.70. The molecule has 0 nitrogen and oxygen atoms in total. The van der Waals surface area contributed by atoms with Crippen LogP contribution < -0.4 is 0 Å². The van der Waals surface area contributed by atoms with Gasteiger partial charge in [-0.15, -0.1) is 11.6 Å². The quantitative estimate of drug-likeness (QED) is 0.505. The first kappa shape index (κ1) is 14.3. The van der Waals surface area contributed by atoms with Crippen LogP contribution in [-0.2, 0) is 0 Å². The van der Waals surface area contributed by atoms with Crippen molar-refractivity contribution in [1.82, 2.24) is 0 Å². The third kappa shape index (κ3) is 3.08. The van der Waals surface area contributed by atoms with E-state index < -0.39 is 0 Å². The second-order valence-corrected chi connectivity index (χ2v) is 6.28. The van der Waals surface area contributed by atoms with E-state index in [0.29, 0.717) is 9.50 Å². The molecule has 0 saturated carbocycles. The average molecular weight is 413 g/mol. The Bertz CT molecular complexity index is 587. The van der Waals surface area contributed by atoms with Gasteiger partial charge in [-0.2, -0.15) is 0 Å². The Hall–Kier alpha value is -0.0900. The van der Waals surface area contributed by atoms with Crippen LogP contribution in [0.5, 0.6) is 0 Å². The van der Waals surface area contributed by atoms with E-state index in [-0.39, 0.29) is 11.2 Å². The molecule has 0 saturated heterocycles. The van der Waals surface area contributed by atoms with Crippen molar-refractivity contribution in [2.45, 2.75) is 5.38 Å². The number of halogens is 5. The fraction of sp³-hybridized carbons (Fsp3) is 0.0769. The number of rotatable bonds is 2. The maximum Gasteiger partial charge on any atom is 0.137 e. The summed E-state index contributed by atoms with van der Waals surface area (Å²) in [7, 11) is 0. The average Bonchev–Trinajstić information content (AvgIpc) is 2.32. The molecular weight excluding hydrogens is 406 g/mol. The largest absolute Gasteiger partial charge is 0.206 e. The van der Waals surface area contributed by atoms with Crippen LogP contribution in [-0.4, -0.2) is 0 Å². The molecule has 2 rings (SSSR count). The molecule has 1 atom stereocenters. The minimum absolute atomic E-state index is 0.308. The third-order valence-electron chi connectivity index (χ3n) is 2.47. The van der Waals surface area contributed by atoms with E-state index in [1.807, 2.05) is 6.07 Å². The lowest BCUT2D eigenvalue weighted by atomic mass is 10.0. The summed E-state index contributed by atoms with van der Waals surface area (Å²) < 4.78 is 14.4. The van der Waals surface area contributed by atoms with Crippen LogP contribution in [0.4, 0.5) is 4.39 Å². The Morgan fingerprint density at radius 3 is 2.33 bits per heavy atom. The molecule has 0 aliphatic carbocycles. The van der Waals surface area contributed by atoms with Crippen molar-refractivity contribution in [3.8, 4) is 0 Å². The van der Waals surface area contributed by atoms with Gasteiger partial charge in [-0.1, -0.05) is 39.7 Å². The molecule has 2 aromatic rings. The normalized spacial score (nSPS) is 12.5. The lowest BCUT2D eigenvalue weighted by Gasteiger charge is -2.13. The molecule has 0 N–H and O–H groups in total. The number of hydrogen-bond donors (Lipinski definition) is 0. The predicted molar refractivity (Wildman–Crippen MR) is 80.9 cm³/mol. The van der Waals surface area contributed by atoms with Gasteiger partial charge in [0.15, 0.2) is 0 Å². The molecular formula is C13H7Br2Cl2F. The number of alkyl halides is 1. The van der Waals surface area contributed by atoms with Gasteiger partial charge in [0.1, 0.15) is 5.82 Å². The monoisotopic (exact) mass is 410 g/mol. The van der Waals surface area contributed by atoms with E-state index in [9.17, 15) is 4.39 Å². The molecule has 2 aromatic carbocycles. The van der Waals surface area contributed by atoms with Crippen LogP contribution in [0.2, 0.25) is 5.02 Å². The maximum atomic E-state index is 13.2. The van der Waals surface area contributed by atoms with Crippen LogP contribution in [0.3, 0.4) is 0 Å². The molecule has 0 fully saturated rings. The van der Waals surface area contributed by atoms with Crippen molar-refractivity contribution >= 4 is 55.1 Å². The highest BCUT2D eigenvalue weighted by Gasteiger charge is 2.15. The first-order valence-electron chi connectivity index (χ1n) is 5.03. The molecule has 0 spiro atoms. The lowest BCUT2D eigenvalue weighted by molar-refractivity contribution is 0.620. The Balaban J connectivity index is 2.41. The molecule has 0 aliphatic heterocycles. The molecule has 94 valence electrons. The van der Waals surface area contributed by atoms with Crippen LogP contribution in [0.25, 0.3) is 0 Å². The van der Waals surface area contributed by atoms with E-state index in [1.54, 1.807) is 24.3 Å². The van der Waals surface area contributed by atoms with Crippen LogP contribution in [0.1, 0.15) is 16.5 Å². The number of benzene rings is 2. The van der Waals surface area contributed by atoms with Crippen LogP contribution >= 0.6 is 55.1 Å². The smallest absolute Gasteiger partial charge is 0.137 e. The highest BCUT2D eigenvalue weighted by atomic mass is 79.9. The summed E-state index contributed by atoms with van der Waals surface area (Å²) in [5.41, 5.74) is 1.70. The summed E-state index contributed by atoms with van der Waals surface area (Å²) in [6.45, 7) is 0. The Labute approximate surface area is 131 Å². The van der Waals surface area contributed by atoms with Crippen molar-refractivity contribution in [2.75, 3.05) is 0 Å². The summed E-state index contributed by atoms with van der Waals surface area (Å²) >= 11 is 18.9. The first-order chi connectivity index (χ1) is 8.49. The van der Waals surface area contributed by atoms with Crippen molar-refractivity contribution in [3.63, 3.8) is 0 Å². The summed E-state index contributed by atoms with van der Waals surface area (Å²) in [5, 5.41) is 0.267. The molecule has 1 unspecified atom stereocenters. The Morgan fingerprint density at radius 2 is 1.72 bits per heavy atom. The van der Waals surface area contributed by atoms with E-state index >= 15 is 0 Å². The minimum Gasteiger partial charge on any atom is -0.206 e. The molecule has 0 aromatic heterocycles. The van der Waals surface area contributed by atoms with Gasteiger partial charge < -0.3 is 0 Å². The van der Waals surface area contributed by atoms with Gasteiger partial charge in [0.25, 0.3) is 0 Å². The summed E-state index contributed by atoms with van der Waals surface area (Å²) in [6.07, 6.45) is 0. The van der Waals surface area contributed by atoms with E-state index in [1.165, 1.54) is 6.07 Å². The van der Waals surface area contributed by atoms with Gasteiger partial charge >= 0.3 is 0 Å². The van der Waals surface area contributed by atoms with Crippen molar-refractivity contribution < 1.29 is 4.39 Å². The second kappa shape index (κ2) is 5.91. The van der Waals surface area contributed by atoms with Crippen molar-refractivity contribution in [2.24, 2.45) is 0 Å². The molecule has 0 bridgehead atoms. The van der Waals surface area contributed by atoms with Gasteiger partial charge in [0, 0.05) is 9.50 Å². The lowest BCUT2D eigenvalue weighted by Crippen LogP contribution is -1.95. The molecule has 18 heavy (non-hydrogen) atoms. The summed E-state index contributed by atoms with van der Waals surface area (Å²) in [5.74, 6) is -0.308. The van der Waals surface area contributed by atoms with E-state index in [0.717, 1.165) is 15.6 Å². The predicted octanol–water partition coefficient (Wildman–Crippen LogP) is 6.33. The van der Waals surface area contributed by atoms with E-state index in [2.05, 4.69) is 31.9 Å². The standard InChI is InChI=1S/C13H7Br2Cl2F/c14-10-6-8(16)2-3-9(10)13(17)7-1-4-12(18)11(15)5-7/h1-6,13H. The van der Waals surface area contributed by atoms with Gasteiger partial charge in [-0.05, 0) is 51.3 Å². The van der Waals surface area contributed by atoms with Crippen LogP contribution in [0, 0.1) is 5.82 Å². The minimum atomic E-state index is -0.367. The van der Waals surface area contributed by atoms with Crippen LogP contribution in [0.15, 0.2) is 45.3 Å². The highest BCUT2D eigenvalue weighted by Crippen LogP contribution is 2.36. The number of hydrogen-bond acceptors (Lipinski definition) is 0. The van der Waals surface area contributed by atoms with Gasteiger partial charge in [-0.3, -0.25) is 0 Å². The topological polar surface area (TPSA) is 0 Å². The summed E-state index contributed by atoms with van der Waals surface area (Å²) in [6, 6.07) is 10.1. The molecule has 0 amide bonds. The zero-order valence-electron chi connectivity index (χ0n) is 8.93. The fourth-order valence-electron chi connectivity index (χ4n) is 1.56. The van der Waals surface area contributed by atoms with Crippen molar-refractivity contribution in [1.29, 1.82) is 0 Å².